The molecule has 4 nitrogen and oxygen atoms in total. The maximum absolute atomic E-state index is 13.2. The molecule has 102 valence electrons. The molecule has 0 N–H and O–H groups in total. The lowest BCUT2D eigenvalue weighted by Gasteiger charge is -2.19. The molecule has 0 aliphatic carbocycles. The fourth-order valence-electron chi connectivity index (χ4n) is 2.18. The molecule has 6 heteroatoms. The van der Waals surface area contributed by atoms with Crippen molar-refractivity contribution in [2.24, 2.45) is 0 Å². The van der Waals surface area contributed by atoms with Gasteiger partial charge in [0.05, 0.1) is 10.5 Å². The number of hydrogen-bond donors (Lipinski definition) is 0. The number of halogens is 1. The SMILES string of the molecule is N#Cc1cc(S(=O)(=O)N2CCCCCC2)ccc1F. The monoisotopic (exact) mass is 282 g/mol. The first kappa shape index (κ1) is 14.0. The lowest BCUT2D eigenvalue weighted by molar-refractivity contribution is 0.423. The lowest BCUT2D eigenvalue weighted by atomic mass is 10.2. The highest BCUT2D eigenvalue weighted by molar-refractivity contribution is 7.89. The van der Waals surface area contributed by atoms with E-state index in [0.717, 1.165) is 37.8 Å². The van der Waals surface area contributed by atoms with Crippen molar-refractivity contribution in [3.05, 3.63) is 29.6 Å². The van der Waals surface area contributed by atoms with Gasteiger partial charge < -0.3 is 0 Å². The van der Waals surface area contributed by atoms with Crippen LogP contribution in [-0.2, 0) is 10.0 Å². The molecule has 0 atom stereocenters. The van der Waals surface area contributed by atoms with Gasteiger partial charge in [-0.2, -0.15) is 9.57 Å². The van der Waals surface area contributed by atoms with Crippen LogP contribution in [0.15, 0.2) is 23.1 Å². The molecule has 0 saturated carbocycles. The van der Waals surface area contributed by atoms with E-state index in [1.165, 1.54) is 10.4 Å². The summed E-state index contributed by atoms with van der Waals surface area (Å²) in [6.07, 6.45) is 3.73. The standard InChI is InChI=1S/C13H15FN2O2S/c14-13-6-5-12(9-11(13)10-15)19(17,18)16-7-3-1-2-4-8-16/h5-6,9H,1-4,7-8H2. The third-order valence-electron chi connectivity index (χ3n) is 3.26. The number of hydrogen-bond acceptors (Lipinski definition) is 3. The van der Waals surface area contributed by atoms with Gasteiger partial charge >= 0.3 is 0 Å². The van der Waals surface area contributed by atoms with Gasteiger partial charge in [-0.25, -0.2) is 12.8 Å². The van der Waals surface area contributed by atoms with E-state index in [9.17, 15) is 12.8 Å². The Bertz CT molecular complexity index is 600. The Balaban J connectivity index is 2.36. The topological polar surface area (TPSA) is 61.2 Å². The van der Waals surface area contributed by atoms with E-state index in [-0.39, 0.29) is 10.5 Å². The molecular weight excluding hydrogens is 267 g/mol. The summed E-state index contributed by atoms with van der Waals surface area (Å²) in [6, 6.07) is 5.02. The number of benzene rings is 1. The second-order valence-corrected chi connectivity index (χ2v) is 6.51. The minimum Gasteiger partial charge on any atom is -0.207 e. The second-order valence-electron chi connectivity index (χ2n) is 4.57. The van der Waals surface area contributed by atoms with Crippen molar-refractivity contribution in [1.82, 2.24) is 4.31 Å². The van der Waals surface area contributed by atoms with Crippen LogP contribution in [0.2, 0.25) is 0 Å². The van der Waals surface area contributed by atoms with Crippen LogP contribution in [0.3, 0.4) is 0 Å². The predicted octanol–water partition coefficient (Wildman–Crippen LogP) is 2.26. The van der Waals surface area contributed by atoms with Crippen molar-refractivity contribution in [1.29, 1.82) is 5.26 Å². The maximum atomic E-state index is 13.2. The number of rotatable bonds is 2. The molecule has 1 saturated heterocycles. The van der Waals surface area contributed by atoms with E-state index in [4.69, 9.17) is 5.26 Å². The average molecular weight is 282 g/mol. The Morgan fingerprint density at radius 1 is 1.16 bits per heavy atom. The molecule has 0 unspecified atom stereocenters. The van der Waals surface area contributed by atoms with Crippen molar-refractivity contribution in [2.45, 2.75) is 30.6 Å². The van der Waals surface area contributed by atoms with Gasteiger partial charge in [0, 0.05) is 13.1 Å². The Hall–Kier alpha value is -1.45. The summed E-state index contributed by atoms with van der Waals surface area (Å²) in [5.41, 5.74) is -0.240. The zero-order chi connectivity index (χ0) is 13.9. The molecule has 1 heterocycles. The van der Waals surface area contributed by atoms with E-state index >= 15 is 0 Å². The first-order valence-corrected chi connectivity index (χ1v) is 7.69. The van der Waals surface area contributed by atoms with Crippen LogP contribution in [0.1, 0.15) is 31.2 Å². The molecule has 0 amide bonds. The molecule has 1 aromatic carbocycles. The van der Waals surface area contributed by atoms with Crippen LogP contribution in [0.4, 0.5) is 4.39 Å². The molecule has 0 spiro atoms. The largest absolute Gasteiger partial charge is 0.243 e. The zero-order valence-electron chi connectivity index (χ0n) is 10.5. The first-order valence-electron chi connectivity index (χ1n) is 6.25. The summed E-state index contributed by atoms with van der Waals surface area (Å²) in [5.74, 6) is -0.697. The highest BCUT2D eigenvalue weighted by atomic mass is 32.2. The fraction of sp³-hybridized carbons (Fsp3) is 0.462. The van der Waals surface area contributed by atoms with Gasteiger partial charge in [0.2, 0.25) is 10.0 Å². The Morgan fingerprint density at radius 3 is 2.37 bits per heavy atom. The normalized spacial score (nSPS) is 17.7. The van der Waals surface area contributed by atoms with Gasteiger partial charge in [-0.3, -0.25) is 0 Å². The summed E-state index contributed by atoms with van der Waals surface area (Å²) in [7, 11) is -3.62. The van der Waals surface area contributed by atoms with E-state index in [1.54, 1.807) is 6.07 Å². The van der Waals surface area contributed by atoms with Crippen molar-refractivity contribution in [2.75, 3.05) is 13.1 Å². The van der Waals surface area contributed by atoms with E-state index in [0.29, 0.717) is 13.1 Å². The Morgan fingerprint density at radius 2 is 1.79 bits per heavy atom. The van der Waals surface area contributed by atoms with Gasteiger partial charge in [-0.15, -0.1) is 0 Å². The van der Waals surface area contributed by atoms with Crippen molar-refractivity contribution < 1.29 is 12.8 Å². The molecule has 1 aliphatic heterocycles. The zero-order valence-corrected chi connectivity index (χ0v) is 11.3. The third-order valence-corrected chi connectivity index (χ3v) is 5.16. The fourth-order valence-corrected chi connectivity index (χ4v) is 3.73. The van der Waals surface area contributed by atoms with Crippen LogP contribution in [0, 0.1) is 17.1 Å². The molecule has 0 radical (unpaired) electrons. The summed E-state index contributed by atoms with van der Waals surface area (Å²) in [5, 5.41) is 8.77. The lowest BCUT2D eigenvalue weighted by Crippen LogP contribution is -2.32. The molecule has 1 fully saturated rings. The van der Waals surface area contributed by atoms with Gasteiger partial charge in [0.1, 0.15) is 11.9 Å². The highest BCUT2D eigenvalue weighted by Gasteiger charge is 2.25. The van der Waals surface area contributed by atoms with Crippen LogP contribution in [-0.4, -0.2) is 25.8 Å². The summed E-state index contributed by atoms with van der Waals surface area (Å²) >= 11 is 0. The van der Waals surface area contributed by atoms with E-state index in [1.807, 2.05) is 0 Å². The van der Waals surface area contributed by atoms with Gasteiger partial charge in [-0.05, 0) is 31.0 Å². The molecule has 1 aliphatic rings. The summed E-state index contributed by atoms with van der Waals surface area (Å²) in [4.78, 5) is -0.00708. The van der Waals surface area contributed by atoms with Gasteiger partial charge in [-0.1, -0.05) is 12.8 Å². The number of nitriles is 1. The molecular formula is C13H15FN2O2S. The maximum Gasteiger partial charge on any atom is 0.243 e. The van der Waals surface area contributed by atoms with Gasteiger partial charge in [0.15, 0.2) is 0 Å². The minimum atomic E-state index is -3.62. The summed E-state index contributed by atoms with van der Waals surface area (Å²) < 4.78 is 39.5. The molecule has 0 aromatic heterocycles. The third kappa shape index (κ3) is 2.94. The van der Waals surface area contributed by atoms with E-state index < -0.39 is 15.8 Å². The Kier molecular flexibility index (Phi) is 4.17. The smallest absolute Gasteiger partial charge is 0.207 e. The predicted molar refractivity (Wildman–Crippen MR) is 68.3 cm³/mol. The second kappa shape index (κ2) is 5.68. The Labute approximate surface area is 112 Å². The first-order chi connectivity index (χ1) is 9.05. The minimum absolute atomic E-state index is 0.00708. The molecule has 2 rings (SSSR count). The number of sulfonamides is 1. The molecule has 0 bridgehead atoms. The van der Waals surface area contributed by atoms with Crippen molar-refractivity contribution in [3.63, 3.8) is 0 Å². The van der Waals surface area contributed by atoms with Crippen LogP contribution in [0.5, 0.6) is 0 Å². The van der Waals surface area contributed by atoms with Crippen LogP contribution < -0.4 is 0 Å². The van der Waals surface area contributed by atoms with Crippen LogP contribution >= 0.6 is 0 Å². The molecule has 19 heavy (non-hydrogen) atoms. The van der Waals surface area contributed by atoms with Crippen molar-refractivity contribution >= 4 is 10.0 Å². The molecule has 1 aromatic rings. The highest BCUT2D eigenvalue weighted by Crippen LogP contribution is 2.22. The van der Waals surface area contributed by atoms with E-state index in [2.05, 4.69) is 0 Å². The van der Waals surface area contributed by atoms with Crippen molar-refractivity contribution in [3.8, 4) is 6.07 Å². The quantitative estimate of drug-likeness (QED) is 0.836. The number of nitrogens with zero attached hydrogens (tertiary/aromatic N) is 2. The summed E-state index contributed by atoms with van der Waals surface area (Å²) in [6.45, 7) is 0.975. The van der Waals surface area contributed by atoms with Gasteiger partial charge in [0.25, 0.3) is 0 Å². The average Bonchev–Trinajstić information content (AvgIpc) is 2.68. The van der Waals surface area contributed by atoms with Crippen LogP contribution in [0.25, 0.3) is 0 Å².